The summed E-state index contributed by atoms with van der Waals surface area (Å²) in [5.41, 5.74) is 6.46. The van der Waals surface area contributed by atoms with Gasteiger partial charge in [0, 0.05) is 39.2 Å². The number of nitrogens with one attached hydrogen (secondary N) is 1. The van der Waals surface area contributed by atoms with Gasteiger partial charge in [-0.2, -0.15) is 5.10 Å². The molecule has 0 spiro atoms. The molecule has 0 saturated carbocycles. The van der Waals surface area contributed by atoms with Crippen LogP contribution < -0.4 is 5.43 Å². The first kappa shape index (κ1) is 23.9. The Morgan fingerprint density at radius 1 is 0.909 bits per heavy atom. The standard InChI is InChI=1S/C25H24N4O3.Co/c1-17-14-21(20-10-4-7-13-24(20)32)27-25(28-26-15-18-8-2-5-11-22(18)30)29(17)16-19-9-3-6-12-23(19)31;/h2-15,25,28,30-32H,16H2,1H3;. The normalized spacial score (nSPS) is 15.5. The van der Waals surface area contributed by atoms with Gasteiger partial charge in [-0.15, -0.1) is 0 Å². The molecule has 4 rings (SSSR count). The summed E-state index contributed by atoms with van der Waals surface area (Å²) in [5.74, 6) is 0.468. The number of phenolic OH excluding ortho intramolecular Hbond substituents is 3. The van der Waals surface area contributed by atoms with Crippen LogP contribution in [0.15, 0.2) is 94.7 Å². The molecule has 1 atom stereocenters. The molecule has 1 heterocycles. The first-order valence-electron chi connectivity index (χ1n) is 10.2. The molecule has 1 radical (unpaired) electrons. The smallest absolute Gasteiger partial charge is 0.212 e. The second kappa shape index (κ2) is 10.7. The number of aliphatic imine (C=N–C) groups is 1. The predicted octanol–water partition coefficient (Wildman–Crippen LogP) is 3.92. The molecule has 0 fully saturated rings. The third-order valence-corrected chi connectivity index (χ3v) is 5.20. The molecule has 0 aromatic heterocycles. The number of allylic oxidation sites excluding steroid dienone is 2. The van der Waals surface area contributed by atoms with Gasteiger partial charge in [0.25, 0.3) is 0 Å². The summed E-state index contributed by atoms with van der Waals surface area (Å²) >= 11 is 0. The number of nitrogens with zero attached hydrogens (tertiary/aromatic N) is 3. The fourth-order valence-corrected chi connectivity index (χ4v) is 3.46. The van der Waals surface area contributed by atoms with E-state index < -0.39 is 6.29 Å². The van der Waals surface area contributed by atoms with Gasteiger partial charge >= 0.3 is 0 Å². The van der Waals surface area contributed by atoms with E-state index in [4.69, 9.17) is 4.99 Å². The van der Waals surface area contributed by atoms with E-state index in [2.05, 4.69) is 10.5 Å². The maximum Gasteiger partial charge on any atom is 0.212 e. The van der Waals surface area contributed by atoms with E-state index >= 15 is 0 Å². The molecule has 0 saturated heterocycles. The molecule has 33 heavy (non-hydrogen) atoms. The molecule has 7 nitrogen and oxygen atoms in total. The van der Waals surface area contributed by atoms with Crippen molar-refractivity contribution in [3.63, 3.8) is 0 Å². The van der Waals surface area contributed by atoms with E-state index in [0.717, 1.165) is 11.3 Å². The van der Waals surface area contributed by atoms with Crippen molar-refractivity contribution in [2.45, 2.75) is 19.8 Å². The molecule has 4 N–H and O–H groups in total. The molecule has 1 aliphatic rings. The third kappa shape index (κ3) is 5.54. The zero-order valence-electron chi connectivity index (χ0n) is 17.9. The van der Waals surface area contributed by atoms with E-state index in [-0.39, 0.29) is 34.0 Å². The van der Waals surface area contributed by atoms with Gasteiger partial charge in [-0.3, -0.25) is 5.43 Å². The molecule has 1 unspecified atom stereocenters. The predicted molar refractivity (Wildman–Crippen MR) is 125 cm³/mol. The van der Waals surface area contributed by atoms with Crippen molar-refractivity contribution in [1.29, 1.82) is 0 Å². The molecule has 8 heteroatoms. The molecule has 0 amide bonds. The largest absolute Gasteiger partial charge is 0.508 e. The van der Waals surface area contributed by atoms with Crippen molar-refractivity contribution in [3.05, 3.63) is 101 Å². The number of aromatic hydroxyl groups is 3. The summed E-state index contributed by atoms with van der Waals surface area (Å²) in [5, 5.41) is 34.8. The Morgan fingerprint density at radius 3 is 2.24 bits per heavy atom. The van der Waals surface area contributed by atoms with Gasteiger partial charge in [0.1, 0.15) is 17.2 Å². The molecular weight excluding hydrogens is 463 g/mol. The maximum absolute atomic E-state index is 10.3. The average molecular weight is 487 g/mol. The third-order valence-electron chi connectivity index (χ3n) is 5.20. The average Bonchev–Trinajstić information content (AvgIpc) is 2.78. The summed E-state index contributed by atoms with van der Waals surface area (Å²) in [7, 11) is 0. The summed E-state index contributed by atoms with van der Waals surface area (Å²) in [6.07, 6.45) is 2.81. The summed E-state index contributed by atoms with van der Waals surface area (Å²) in [6, 6.07) is 21.1. The van der Waals surface area contributed by atoms with Gasteiger partial charge in [-0.1, -0.05) is 42.5 Å². The van der Waals surface area contributed by atoms with Crippen molar-refractivity contribution < 1.29 is 32.1 Å². The Morgan fingerprint density at radius 2 is 1.55 bits per heavy atom. The number of rotatable bonds is 6. The second-order valence-electron chi connectivity index (χ2n) is 7.39. The monoisotopic (exact) mass is 487 g/mol. The molecule has 0 bridgehead atoms. The van der Waals surface area contributed by atoms with Gasteiger partial charge in [0.2, 0.25) is 6.29 Å². The quantitative estimate of drug-likeness (QED) is 0.312. The summed E-state index contributed by atoms with van der Waals surface area (Å²) in [6.45, 7) is 2.34. The SMILES string of the molecule is CC1=CC(c2ccccc2O)=NC(NN=Cc2ccccc2O)N1Cc1ccccc1O.[Co]. The van der Waals surface area contributed by atoms with Crippen LogP contribution in [0.5, 0.6) is 17.2 Å². The molecule has 3 aromatic rings. The minimum atomic E-state index is -0.601. The first-order valence-corrected chi connectivity index (χ1v) is 10.2. The molecule has 0 aliphatic carbocycles. The Labute approximate surface area is 202 Å². The Hall–Kier alpha value is -3.75. The second-order valence-corrected chi connectivity index (χ2v) is 7.39. The van der Waals surface area contributed by atoms with Crippen LogP contribution in [0.4, 0.5) is 0 Å². The molecule has 3 aromatic carbocycles. The summed E-state index contributed by atoms with van der Waals surface area (Å²) in [4.78, 5) is 6.72. The van der Waals surface area contributed by atoms with Crippen LogP contribution >= 0.6 is 0 Å². The van der Waals surface area contributed by atoms with Crippen molar-refractivity contribution >= 4 is 11.9 Å². The van der Waals surface area contributed by atoms with E-state index in [1.807, 2.05) is 42.2 Å². The number of hydrogen-bond donors (Lipinski definition) is 4. The van der Waals surface area contributed by atoms with Gasteiger partial charge in [-0.05, 0) is 43.3 Å². The molecule has 1 aliphatic heterocycles. The number of para-hydroxylation sites is 3. The molecule has 171 valence electrons. The first-order chi connectivity index (χ1) is 15.5. The van der Waals surface area contributed by atoms with Crippen molar-refractivity contribution in [2.75, 3.05) is 0 Å². The fourth-order valence-electron chi connectivity index (χ4n) is 3.46. The van der Waals surface area contributed by atoms with Crippen LogP contribution in [0.1, 0.15) is 23.6 Å². The number of hydrogen-bond acceptors (Lipinski definition) is 7. The van der Waals surface area contributed by atoms with Crippen molar-refractivity contribution in [1.82, 2.24) is 10.3 Å². The fraction of sp³-hybridized carbons (Fsp3) is 0.120. The Balaban J connectivity index is 0.00000306. The Kier molecular flexibility index (Phi) is 7.76. The van der Waals surface area contributed by atoms with Gasteiger partial charge in [-0.25, -0.2) is 4.99 Å². The minimum absolute atomic E-state index is 0. The van der Waals surface area contributed by atoms with Gasteiger partial charge in [0.15, 0.2) is 0 Å². The van der Waals surface area contributed by atoms with E-state index in [0.29, 0.717) is 23.4 Å². The number of hydrazone groups is 1. The van der Waals surface area contributed by atoms with Crippen LogP contribution in [-0.4, -0.2) is 38.4 Å². The van der Waals surface area contributed by atoms with Crippen LogP contribution in [0.2, 0.25) is 0 Å². The topological polar surface area (TPSA) is 101 Å². The van der Waals surface area contributed by atoms with Crippen molar-refractivity contribution in [3.8, 4) is 17.2 Å². The van der Waals surface area contributed by atoms with Crippen LogP contribution in [-0.2, 0) is 23.3 Å². The van der Waals surface area contributed by atoms with Crippen molar-refractivity contribution in [2.24, 2.45) is 10.1 Å². The van der Waals surface area contributed by atoms with E-state index in [9.17, 15) is 15.3 Å². The Bertz CT molecular complexity index is 1210. The number of phenols is 3. The maximum atomic E-state index is 10.3. The van der Waals surface area contributed by atoms with E-state index in [1.165, 1.54) is 6.21 Å². The van der Waals surface area contributed by atoms with Gasteiger partial charge in [0.05, 0.1) is 18.5 Å². The minimum Gasteiger partial charge on any atom is -0.508 e. The van der Waals surface area contributed by atoms with E-state index in [1.54, 1.807) is 48.5 Å². The van der Waals surface area contributed by atoms with Crippen LogP contribution in [0.3, 0.4) is 0 Å². The molecular formula is C25H24CoN4O3. The zero-order valence-corrected chi connectivity index (χ0v) is 18.9. The van der Waals surface area contributed by atoms with Crippen LogP contribution in [0, 0.1) is 0 Å². The number of benzene rings is 3. The van der Waals surface area contributed by atoms with Crippen LogP contribution in [0.25, 0.3) is 0 Å². The summed E-state index contributed by atoms with van der Waals surface area (Å²) < 4.78 is 0. The zero-order chi connectivity index (χ0) is 22.5. The van der Waals surface area contributed by atoms with Gasteiger partial charge < -0.3 is 20.2 Å².